The zero-order valence-corrected chi connectivity index (χ0v) is 18.9. The standard InChI is InChI=1S/C22H32FN5OS/c1-16(2)11-12-24-21(29)17(3)30-22-26-25-20(15-27-13-5-4-6-14-27)28(22)19-9-7-18(23)8-10-19/h7-10,16-17H,4-6,11-15H2,1-3H3,(H,24,29). The summed E-state index contributed by atoms with van der Waals surface area (Å²) in [5.41, 5.74) is 0.809. The van der Waals surface area contributed by atoms with E-state index in [1.54, 1.807) is 12.1 Å². The van der Waals surface area contributed by atoms with Crippen LogP contribution >= 0.6 is 11.8 Å². The number of thioether (sulfide) groups is 1. The normalized spacial score (nSPS) is 16.0. The van der Waals surface area contributed by atoms with Crippen LogP contribution in [0.2, 0.25) is 0 Å². The smallest absolute Gasteiger partial charge is 0.233 e. The quantitative estimate of drug-likeness (QED) is 0.605. The average molecular weight is 434 g/mol. The number of carbonyl (C=O) groups is 1. The molecule has 1 unspecified atom stereocenters. The van der Waals surface area contributed by atoms with E-state index in [-0.39, 0.29) is 17.0 Å². The van der Waals surface area contributed by atoms with Gasteiger partial charge in [0.05, 0.1) is 11.8 Å². The van der Waals surface area contributed by atoms with Gasteiger partial charge in [-0.05, 0) is 69.5 Å². The third kappa shape index (κ3) is 6.28. The molecule has 164 valence electrons. The highest BCUT2D eigenvalue weighted by Crippen LogP contribution is 2.27. The monoisotopic (exact) mass is 433 g/mol. The molecule has 0 spiro atoms. The summed E-state index contributed by atoms with van der Waals surface area (Å²) in [5.74, 6) is 1.08. The number of hydrogen-bond donors (Lipinski definition) is 1. The molecule has 1 aromatic heterocycles. The number of hydrogen-bond acceptors (Lipinski definition) is 5. The second-order valence-corrected chi connectivity index (χ2v) is 9.59. The van der Waals surface area contributed by atoms with Crippen LogP contribution in [-0.2, 0) is 11.3 Å². The third-order valence-electron chi connectivity index (χ3n) is 5.27. The van der Waals surface area contributed by atoms with Gasteiger partial charge in [0.1, 0.15) is 5.82 Å². The van der Waals surface area contributed by atoms with Gasteiger partial charge in [-0.2, -0.15) is 0 Å². The maximum atomic E-state index is 13.5. The van der Waals surface area contributed by atoms with E-state index in [4.69, 9.17) is 0 Å². The van der Waals surface area contributed by atoms with Gasteiger partial charge < -0.3 is 5.32 Å². The van der Waals surface area contributed by atoms with E-state index in [9.17, 15) is 9.18 Å². The zero-order chi connectivity index (χ0) is 21.5. The molecule has 1 fully saturated rings. The van der Waals surface area contributed by atoms with Gasteiger partial charge in [0.2, 0.25) is 5.91 Å². The Bertz CT molecular complexity index is 817. The Morgan fingerprint density at radius 2 is 1.83 bits per heavy atom. The van der Waals surface area contributed by atoms with Crippen molar-refractivity contribution < 1.29 is 9.18 Å². The summed E-state index contributed by atoms with van der Waals surface area (Å²) in [4.78, 5) is 14.9. The molecule has 1 aliphatic rings. The number of piperidine rings is 1. The van der Waals surface area contributed by atoms with Crippen LogP contribution in [0.1, 0.15) is 52.3 Å². The number of rotatable bonds is 9. The Balaban J connectivity index is 1.77. The van der Waals surface area contributed by atoms with Crippen molar-refractivity contribution in [3.63, 3.8) is 0 Å². The SMILES string of the molecule is CC(C)CCNC(=O)C(C)Sc1nnc(CN2CCCCC2)n1-c1ccc(F)cc1. The van der Waals surface area contributed by atoms with Gasteiger partial charge in [0.25, 0.3) is 0 Å². The third-order valence-corrected chi connectivity index (χ3v) is 6.31. The maximum Gasteiger partial charge on any atom is 0.233 e. The molecular formula is C22H32FN5OS. The van der Waals surface area contributed by atoms with Gasteiger partial charge in [0.15, 0.2) is 11.0 Å². The molecule has 3 rings (SSSR count). The summed E-state index contributed by atoms with van der Waals surface area (Å²) in [5, 5.41) is 12.2. The number of halogens is 1. The van der Waals surface area contributed by atoms with Crippen LogP contribution in [0.3, 0.4) is 0 Å². The van der Waals surface area contributed by atoms with Gasteiger partial charge in [-0.1, -0.05) is 32.0 Å². The first-order chi connectivity index (χ1) is 14.4. The first kappa shape index (κ1) is 22.7. The Morgan fingerprint density at radius 3 is 2.50 bits per heavy atom. The molecule has 0 radical (unpaired) electrons. The maximum absolute atomic E-state index is 13.5. The largest absolute Gasteiger partial charge is 0.355 e. The zero-order valence-electron chi connectivity index (χ0n) is 18.1. The fourth-order valence-electron chi connectivity index (χ4n) is 3.49. The van der Waals surface area contributed by atoms with Crippen molar-refractivity contribution >= 4 is 17.7 Å². The van der Waals surface area contributed by atoms with Gasteiger partial charge >= 0.3 is 0 Å². The minimum atomic E-state index is -0.302. The van der Waals surface area contributed by atoms with Crippen LogP contribution in [0.15, 0.2) is 29.4 Å². The molecule has 0 bridgehead atoms. The van der Waals surface area contributed by atoms with Crippen molar-refractivity contribution in [2.45, 2.75) is 63.4 Å². The molecule has 6 nitrogen and oxygen atoms in total. The van der Waals surface area contributed by atoms with Gasteiger partial charge in [-0.25, -0.2) is 4.39 Å². The lowest BCUT2D eigenvalue weighted by atomic mass is 10.1. The number of nitrogens with one attached hydrogen (secondary N) is 1. The van der Waals surface area contributed by atoms with Crippen molar-refractivity contribution in [2.24, 2.45) is 5.92 Å². The molecular weight excluding hydrogens is 401 g/mol. The minimum Gasteiger partial charge on any atom is -0.355 e. The van der Waals surface area contributed by atoms with Crippen LogP contribution in [0.5, 0.6) is 0 Å². The number of nitrogens with zero attached hydrogens (tertiary/aromatic N) is 4. The molecule has 0 saturated carbocycles. The molecule has 30 heavy (non-hydrogen) atoms. The summed E-state index contributed by atoms with van der Waals surface area (Å²) in [6.45, 7) is 9.62. The van der Waals surface area contributed by atoms with Crippen LogP contribution in [-0.4, -0.2) is 50.5 Å². The van der Waals surface area contributed by atoms with Crippen molar-refractivity contribution in [3.05, 3.63) is 35.9 Å². The first-order valence-electron chi connectivity index (χ1n) is 10.8. The molecule has 1 atom stereocenters. The summed E-state index contributed by atoms with van der Waals surface area (Å²) in [6, 6.07) is 6.35. The predicted molar refractivity (Wildman–Crippen MR) is 118 cm³/mol. The van der Waals surface area contributed by atoms with Crippen molar-refractivity contribution in [1.82, 2.24) is 25.0 Å². The lowest BCUT2D eigenvalue weighted by Crippen LogP contribution is -2.32. The minimum absolute atomic E-state index is 0.00751. The van der Waals surface area contributed by atoms with Crippen LogP contribution in [0, 0.1) is 11.7 Å². The molecule has 1 aromatic carbocycles. The number of aromatic nitrogens is 3. The topological polar surface area (TPSA) is 63.1 Å². The first-order valence-corrected chi connectivity index (χ1v) is 11.7. The lowest BCUT2D eigenvalue weighted by Gasteiger charge is -2.26. The Labute approximate surface area is 182 Å². The molecule has 8 heteroatoms. The molecule has 1 aliphatic heterocycles. The van der Waals surface area contributed by atoms with E-state index in [0.717, 1.165) is 31.0 Å². The van der Waals surface area contributed by atoms with Gasteiger partial charge in [0, 0.05) is 12.2 Å². The fourth-order valence-corrected chi connectivity index (χ4v) is 4.40. The summed E-state index contributed by atoms with van der Waals surface area (Å²) in [6.07, 6.45) is 4.61. The van der Waals surface area contributed by atoms with E-state index in [0.29, 0.717) is 24.2 Å². The fraction of sp³-hybridized carbons (Fsp3) is 0.591. The summed E-state index contributed by atoms with van der Waals surface area (Å²) < 4.78 is 15.4. The molecule has 1 amide bonds. The lowest BCUT2D eigenvalue weighted by molar-refractivity contribution is -0.120. The molecule has 2 aromatic rings. The van der Waals surface area contributed by atoms with Crippen molar-refractivity contribution in [1.29, 1.82) is 0 Å². The molecule has 1 saturated heterocycles. The second-order valence-electron chi connectivity index (χ2n) is 8.28. The van der Waals surface area contributed by atoms with E-state index < -0.39 is 0 Å². The predicted octanol–water partition coefficient (Wildman–Crippen LogP) is 4.04. The van der Waals surface area contributed by atoms with Crippen LogP contribution in [0.4, 0.5) is 4.39 Å². The number of benzene rings is 1. The number of carbonyl (C=O) groups excluding carboxylic acids is 1. The van der Waals surface area contributed by atoms with Gasteiger partial charge in [-0.3, -0.25) is 14.3 Å². The van der Waals surface area contributed by atoms with Crippen LogP contribution in [0.25, 0.3) is 5.69 Å². The molecule has 2 heterocycles. The highest BCUT2D eigenvalue weighted by Gasteiger charge is 2.22. The van der Waals surface area contributed by atoms with Crippen molar-refractivity contribution in [3.8, 4) is 5.69 Å². The number of amides is 1. The molecule has 0 aliphatic carbocycles. The summed E-state index contributed by atoms with van der Waals surface area (Å²) in [7, 11) is 0. The number of likely N-dealkylation sites (tertiary alicyclic amines) is 1. The Morgan fingerprint density at radius 1 is 1.13 bits per heavy atom. The summed E-state index contributed by atoms with van der Waals surface area (Å²) >= 11 is 1.38. The highest BCUT2D eigenvalue weighted by molar-refractivity contribution is 8.00. The van der Waals surface area contributed by atoms with Crippen molar-refractivity contribution in [2.75, 3.05) is 19.6 Å². The Kier molecular flexibility index (Phi) is 8.27. The van der Waals surface area contributed by atoms with E-state index in [1.807, 2.05) is 11.5 Å². The second kappa shape index (κ2) is 10.9. The van der Waals surface area contributed by atoms with Gasteiger partial charge in [-0.15, -0.1) is 10.2 Å². The highest BCUT2D eigenvalue weighted by atomic mass is 32.2. The van der Waals surface area contributed by atoms with E-state index >= 15 is 0 Å². The Hall–Kier alpha value is -1.93. The van der Waals surface area contributed by atoms with E-state index in [1.165, 1.54) is 43.2 Å². The molecule has 1 N–H and O–H groups in total. The van der Waals surface area contributed by atoms with E-state index in [2.05, 4.69) is 34.3 Å². The average Bonchev–Trinajstić information content (AvgIpc) is 3.11. The van der Waals surface area contributed by atoms with Crippen LogP contribution < -0.4 is 5.32 Å².